The first-order valence-electron chi connectivity index (χ1n) is 17.6. The van der Waals surface area contributed by atoms with Gasteiger partial charge in [0, 0.05) is 116 Å². The fourth-order valence-electron chi connectivity index (χ4n) is 5.16. The van der Waals surface area contributed by atoms with Crippen molar-refractivity contribution < 1.29 is 47.8 Å². The van der Waals surface area contributed by atoms with Crippen molar-refractivity contribution in [2.75, 3.05) is 32.2 Å². The average molecular weight is 717 g/mol. The summed E-state index contributed by atoms with van der Waals surface area (Å²) in [5.41, 5.74) is 3.32. The molecule has 12 nitrogen and oxygen atoms in total. The first kappa shape index (κ1) is 41.3. The number of oxazole rings is 1. The van der Waals surface area contributed by atoms with Crippen molar-refractivity contribution in [3.63, 3.8) is 0 Å². The molecule has 0 spiro atoms. The van der Waals surface area contributed by atoms with Crippen LogP contribution in [0.1, 0.15) is 101 Å². The van der Waals surface area contributed by atoms with E-state index >= 15 is 0 Å². The van der Waals surface area contributed by atoms with Gasteiger partial charge in [0.25, 0.3) is 0 Å². The van der Waals surface area contributed by atoms with Gasteiger partial charge in [-0.2, -0.15) is 0 Å². The molecule has 0 aliphatic heterocycles. The van der Waals surface area contributed by atoms with Gasteiger partial charge < -0.3 is 19.2 Å². The molecule has 0 aliphatic carbocycles. The number of carbonyl (C=O) groups excluding carboxylic acids is 7. The van der Waals surface area contributed by atoms with Crippen molar-refractivity contribution in [1.29, 1.82) is 0 Å². The second kappa shape index (κ2) is 22.0. The second-order valence-electron chi connectivity index (χ2n) is 12.9. The third kappa shape index (κ3) is 15.8. The largest absolute Gasteiger partial charge is 0.493 e. The van der Waals surface area contributed by atoms with E-state index in [9.17, 15) is 33.6 Å². The fraction of sp³-hybridized carbons (Fsp3) is 0.450. The highest BCUT2D eigenvalue weighted by molar-refractivity contribution is 5.99. The summed E-state index contributed by atoms with van der Waals surface area (Å²) in [6.07, 6.45) is 4.05. The number of aromatic nitrogens is 1. The standard InChI is InChI=1S/C40H48N2O10/c1-42(2)29-9-6-28(7-10-29)8-21-40-41-38-20-19-37(27-39(38)52-40)51-25-23-36(50)26-35(49)5-3-4-30(44)11-12-31(45)13-14-32(46)15-16-33(47)17-18-34(48)22-24-43/h6-10,19-21,27,43H,3-5,11-18,22-26H2,1-2H3. The summed E-state index contributed by atoms with van der Waals surface area (Å²) in [5, 5.41) is 8.71. The van der Waals surface area contributed by atoms with Crippen LogP contribution >= 0.6 is 0 Å². The van der Waals surface area contributed by atoms with Gasteiger partial charge in [-0.1, -0.05) is 12.1 Å². The monoisotopic (exact) mass is 716 g/mol. The number of aliphatic hydroxyl groups is 1. The Balaban J connectivity index is 1.25. The first-order chi connectivity index (χ1) is 24.9. The molecule has 0 amide bonds. The van der Waals surface area contributed by atoms with Crippen LogP contribution in [0.5, 0.6) is 5.75 Å². The molecule has 0 radical (unpaired) electrons. The molecule has 1 aromatic heterocycles. The average Bonchev–Trinajstić information content (AvgIpc) is 3.53. The lowest BCUT2D eigenvalue weighted by Crippen LogP contribution is -2.12. The smallest absolute Gasteiger partial charge is 0.220 e. The molecule has 1 N–H and O–H groups in total. The molecule has 12 heteroatoms. The van der Waals surface area contributed by atoms with E-state index in [4.69, 9.17) is 14.3 Å². The highest BCUT2D eigenvalue weighted by Crippen LogP contribution is 2.23. The lowest BCUT2D eigenvalue weighted by Gasteiger charge is -2.11. The number of ketones is 7. The van der Waals surface area contributed by atoms with Crippen molar-refractivity contribution >= 4 is 69.4 Å². The van der Waals surface area contributed by atoms with Crippen molar-refractivity contribution in [3.8, 4) is 5.75 Å². The normalized spacial score (nSPS) is 11.1. The van der Waals surface area contributed by atoms with Crippen LogP contribution in [0, 0.1) is 0 Å². The molecular weight excluding hydrogens is 668 g/mol. The number of carbonyl (C=O) groups is 7. The van der Waals surface area contributed by atoms with Crippen LogP contribution in [0.4, 0.5) is 5.69 Å². The molecule has 278 valence electrons. The van der Waals surface area contributed by atoms with Gasteiger partial charge in [0.05, 0.1) is 13.0 Å². The highest BCUT2D eigenvalue weighted by Gasteiger charge is 2.15. The number of benzene rings is 2. The summed E-state index contributed by atoms with van der Waals surface area (Å²) in [6.45, 7) is -0.169. The quantitative estimate of drug-likeness (QED) is 0.0928. The van der Waals surface area contributed by atoms with E-state index in [0.717, 1.165) is 11.3 Å². The Hall–Kier alpha value is -5.10. The molecule has 0 saturated carbocycles. The Bertz CT molecular complexity index is 1740. The van der Waals surface area contributed by atoms with Crippen molar-refractivity contribution in [2.24, 2.45) is 0 Å². The minimum atomic E-state index is -0.264. The molecule has 0 fully saturated rings. The Labute approximate surface area is 303 Å². The molecule has 0 unspecified atom stereocenters. The summed E-state index contributed by atoms with van der Waals surface area (Å²) in [5.74, 6) is -0.626. The topological polar surface area (TPSA) is 178 Å². The van der Waals surface area contributed by atoms with E-state index in [1.807, 2.05) is 49.3 Å². The van der Waals surface area contributed by atoms with E-state index in [2.05, 4.69) is 4.98 Å². The molecule has 3 rings (SSSR count). The number of rotatable bonds is 27. The minimum absolute atomic E-state index is 0.00156. The van der Waals surface area contributed by atoms with E-state index < -0.39 is 0 Å². The summed E-state index contributed by atoms with van der Waals surface area (Å²) in [4.78, 5) is 90.6. The SMILES string of the molecule is CN(C)c1ccc(C=Cc2nc3ccc(OCCC(=O)CC(=O)CCCC(=O)CCC(=O)CCC(=O)CCC(=O)CCC(=O)CCO)cc3o2)cc1. The van der Waals surface area contributed by atoms with Gasteiger partial charge in [-0.05, 0) is 42.3 Å². The van der Waals surface area contributed by atoms with Crippen LogP contribution in [0.2, 0.25) is 0 Å². The summed E-state index contributed by atoms with van der Waals surface area (Å²) in [7, 11) is 3.97. The van der Waals surface area contributed by atoms with Gasteiger partial charge >= 0.3 is 0 Å². The Morgan fingerprint density at radius 2 is 1.17 bits per heavy atom. The highest BCUT2D eigenvalue weighted by atomic mass is 16.5. The molecule has 0 atom stereocenters. The Morgan fingerprint density at radius 3 is 1.73 bits per heavy atom. The molecule has 1 heterocycles. The van der Waals surface area contributed by atoms with Crippen LogP contribution < -0.4 is 9.64 Å². The molecule has 3 aromatic rings. The maximum atomic E-state index is 12.3. The Kier molecular flexibility index (Phi) is 17.5. The molecule has 0 aliphatic rings. The van der Waals surface area contributed by atoms with Gasteiger partial charge in [-0.25, -0.2) is 4.98 Å². The van der Waals surface area contributed by atoms with Crippen LogP contribution in [-0.2, 0) is 33.6 Å². The lowest BCUT2D eigenvalue weighted by molar-refractivity contribution is -0.128. The zero-order valence-corrected chi connectivity index (χ0v) is 30.0. The predicted molar refractivity (Wildman–Crippen MR) is 196 cm³/mol. The van der Waals surface area contributed by atoms with Gasteiger partial charge in [0.1, 0.15) is 51.7 Å². The van der Waals surface area contributed by atoms with Crippen molar-refractivity contribution in [1.82, 2.24) is 4.98 Å². The lowest BCUT2D eigenvalue weighted by atomic mass is 10.0. The Morgan fingerprint density at radius 1 is 0.654 bits per heavy atom. The van der Waals surface area contributed by atoms with Gasteiger partial charge in [-0.3, -0.25) is 33.6 Å². The summed E-state index contributed by atoms with van der Waals surface area (Å²) < 4.78 is 11.5. The van der Waals surface area contributed by atoms with E-state index in [1.54, 1.807) is 24.3 Å². The number of Topliss-reactive ketones (excluding diaryl/α,β-unsaturated/α-hetero) is 7. The number of hydrogen-bond acceptors (Lipinski definition) is 12. The molecule has 2 aromatic carbocycles. The fourth-order valence-corrected chi connectivity index (χ4v) is 5.16. The number of nitrogens with zero attached hydrogens (tertiary/aromatic N) is 2. The molecular formula is C40H48N2O10. The van der Waals surface area contributed by atoms with Crippen molar-refractivity contribution in [3.05, 3.63) is 53.9 Å². The van der Waals surface area contributed by atoms with Crippen LogP contribution in [-0.4, -0.2) is 77.9 Å². The zero-order chi connectivity index (χ0) is 37.9. The van der Waals surface area contributed by atoms with Crippen molar-refractivity contribution in [2.45, 2.75) is 89.9 Å². The van der Waals surface area contributed by atoms with Crippen LogP contribution in [0.15, 0.2) is 46.9 Å². The molecule has 0 saturated heterocycles. The first-order valence-corrected chi connectivity index (χ1v) is 17.6. The second-order valence-corrected chi connectivity index (χ2v) is 12.9. The van der Waals surface area contributed by atoms with E-state index in [0.29, 0.717) is 22.7 Å². The maximum absolute atomic E-state index is 12.3. The zero-order valence-electron chi connectivity index (χ0n) is 30.0. The minimum Gasteiger partial charge on any atom is -0.493 e. The van der Waals surface area contributed by atoms with Gasteiger partial charge in [-0.15, -0.1) is 0 Å². The van der Waals surface area contributed by atoms with E-state index in [-0.39, 0.29) is 144 Å². The number of aliphatic hydroxyl groups excluding tert-OH is 1. The maximum Gasteiger partial charge on any atom is 0.220 e. The van der Waals surface area contributed by atoms with E-state index in [1.165, 1.54) is 0 Å². The van der Waals surface area contributed by atoms with Gasteiger partial charge in [0.15, 0.2) is 5.58 Å². The molecule has 52 heavy (non-hydrogen) atoms. The molecule has 0 bridgehead atoms. The number of hydrogen-bond donors (Lipinski definition) is 1. The third-order valence-corrected chi connectivity index (χ3v) is 8.28. The van der Waals surface area contributed by atoms with Gasteiger partial charge in [0.2, 0.25) is 5.89 Å². The van der Waals surface area contributed by atoms with Crippen LogP contribution in [0.3, 0.4) is 0 Å². The number of ether oxygens (including phenoxy) is 1. The number of anilines is 1. The summed E-state index contributed by atoms with van der Waals surface area (Å²) >= 11 is 0. The third-order valence-electron chi connectivity index (χ3n) is 8.28. The summed E-state index contributed by atoms with van der Waals surface area (Å²) in [6, 6.07) is 13.3. The number of fused-ring (bicyclic) bond motifs is 1. The van der Waals surface area contributed by atoms with Crippen LogP contribution in [0.25, 0.3) is 23.3 Å². The predicted octanol–water partition coefficient (Wildman–Crippen LogP) is 5.88.